The first-order chi connectivity index (χ1) is 12.1. The molecule has 3 nitrogen and oxygen atoms in total. The molecule has 1 heterocycles. The molecule has 3 rings (SSSR count). The Labute approximate surface area is 157 Å². The van der Waals surface area contributed by atoms with Gasteiger partial charge < -0.3 is 14.9 Å². The molecule has 1 aliphatic heterocycles. The van der Waals surface area contributed by atoms with Crippen LogP contribution in [0.5, 0.6) is 0 Å². The van der Waals surface area contributed by atoms with Crippen molar-refractivity contribution in [2.45, 2.75) is 11.0 Å². The fourth-order valence-corrected chi connectivity index (χ4v) is 4.29. The lowest BCUT2D eigenvalue weighted by atomic mass is 10.2. The van der Waals surface area contributed by atoms with Crippen molar-refractivity contribution in [3.63, 3.8) is 0 Å². The van der Waals surface area contributed by atoms with Gasteiger partial charge in [0.1, 0.15) is 18.5 Å². The largest absolute Gasteiger partial charge is 0.386 e. The van der Waals surface area contributed by atoms with Crippen molar-refractivity contribution in [2.75, 3.05) is 43.4 Å². The summed E-state index contributed by atoms with van der Waals surface area (Å²) in [5, 5.41) is 11.0. The summed E-state index contributed by atoms with van der Waals surface area (Å²) in [6, 6.07) is 14.6. The van der Waals surface area contributed by atoms with E-state index in [9.17, 15) is 9.50 Å². The first-order valence-corrected chi connectivity index (χ1v) is 9.88. The Balaban J connectivity index is 1.44. The zero-order chi connectivity index (χ0) is 17.6. The van der Waals surface area contributed by atoms with Gasteiger partial charge in [-0.25, -0.2) is 4.39 Å². The summed E-state index contributed by atoms with van der Waals surface area (Å²) in [6.45, 7) is 4.13. The van der Waals surface area contributed by atoms with E-state index in [0.29, 0.717) is 18.0 Å². The van der Waals surface area contributed by atoms with Crippen LogP contribution >= 0.6 is 23.4 Å². The molecule has 0 unspecified atom stereocenters. The number of rotatable bonds is 6. The molecular weight excluding hydrogens is 359 g/mol. The molecule has 0 aliphatic carbocycles. The van der Waals surface area contributed by atoms with Gasteiger partial charge in [0.05, 0.1) is 36.9 Å². The van der Waals surface area contributed by atoms with Crippen molar-refractivity contribution in [3.05, 3.63) is 59.4 Å². The predicted octanol–water partition coefficient (Wildman–Crippen LogP) is 2.34. The summed E-state index contributed by atoms with van der Waals surface area (Å²) in [5.74, 6) is 0.465. The molecular formula is C19H23ClFN2OS+. The zero-order valence-electron chi connectivity index (χ0n) is 14.0. The third kappa shape index (κ3) is 5.11. The maximum atomic E-state index is 13.9. The van der Waals surface area contributed by atoms with Crippen molar-refractivity contribution in [1.82, 2.24) is 0 Å². The lowest BCUT2D eigenvalue weighted by Gasteiger charge is -2.34. The molecule has 6 heteroatoms. The van der Waals surface area contributed by atoms with Gasteiger partial charge in [-0.1, -0.05) is 35.9 Å². The second-order valence-electron chi connectivity index (χ2n) is 6.29. The third-order valence-corrected chi connectivity index (χ3v) is 6.12. The molecule has 0 spiro atoms. The number of nitrogens with one attached hydrogen (secondary N) is 1. The van der Waals surface area contributed by atoms with E-state index in [1.165, 1.54) is 11.0 Å². The van der Waals surface area contributed by atoms with Crippen LogP contribution < -0.4 is 9.80 Å². The van der Waals surface area contributed by atoms with Crippen LogP contribution in [-0.4, -0.2) is 49.7 Å². The fraction of sp³-hybridized carbons (Fsp3) is 0.368. The van der Waals surface area contributed by atoms with Gasteiger partial charge in [0, 0.05) is 10.6 Å². The van der Waals surface area contributed by atoms with Crippen molar-refractivity contribution in [1.29, 1.82) is 0 Å². The number of quaternary nitrogens is 1. The normalized spacial score (nSPS) is 16.8. The van der Waals surface area contributed by atoms with Gasteiger partial charge in [-0.3, -0.25) is 0 Å². The van der Waals surface area contributed by atoms with Crippen LogP contribution in [-0.2, 0) is 0 Å². The van der Waals surface area contributed by atoms with E-state index >= 15 is 0 Å². The van der Waals surface area contributed by atoms with E-state index in [-0.39, 0.29) is 11.9 Å². The smallest absolute Gasteiger partial charge is 0.146 e. The number of thioether (sulfide) groups is 1. The Kier molecular flexibility index (Phi) is 6.59. The van der Waals surface area contributed by atoms with Crippen LogP contribution in [0.4, 0.5) is 10.1 Å². The van der Waals surface area contributed by atoms with Crippen molar-refractivity contribution in [3.8, 4) is 0 Å². The number of para-hydroxylation sites is 1. The van der Waals surface area contributed by atoms with E-state index in [2.05, 4.69) is 4.90 Å². The molecule has 1 fully saturated rings. The molecule has 0 aromatic heterocycles. The molecule has 134 valence electrons. The number of piperazine rings is 1. The van der Waals surface area contributed by atoms with E-state index < -0.39 is 0 Å². The molecule has 0 amide bonds. The minimum absolute atomic E-state index is 0.165. The Morgan fingerprint density at radius 1 is 1.12 bits per heavy atom. The van der Waals surface area contributed by atoms with Crippen molar-refractivity contribution >= 4 is 29.1 Å². The van der Waals surface area contributed by atoms with Gasteiger partial charge in [-0.05, 0) is 24.3 Å². The molecule has 1 saturated heterocycles. The lowest BCUT2D eigenvalue weighted by molar-refractivity contribution is -0.903. The van der Waals surface area contributed by atoms with E-state index in [0.717, 1.165) is 36.1 Å². The minimum atomic E-state index is -0.378. The maximum absolute atomic E-state index is 13.9. The second-order valence-corrected chi connectivity index (χ2v) is 7.76. The third-order valence-electron chi connectivity index (χ3n) is 4.46. The number of aliphatic hydroxyl groups excluding tert-OH is 1. The van der Waals surface area contributed by atoms with Crippen LogP contribution in [0.15, 0.2) is 53.4 Å². The quantitative estimate of drug-likeness (QED) is 0.752. The minimum Gasteiger partial charge on any atom is -0.386 e. The summed E-state index contributed by atoms with van der Waals surface area (Å²) in [7, 11) is 0. The van der Waals surface area contributed by atoms with Crippen LogP contribution in [0.2, 0.25) is 5.02 Å². The maximum Gasteiger partial charge on any atom is 0.146 e. The number of nitrogens with zero attached hydrogens (tertiary/aromatic N) is 1. The highest BCUT2D eigenvalue weighted by atomic mass is 35.5. The molecule has 0 radical (unpaired) electrons. The Bertz CT molecular complexity index is 695. The highest BCUT2D eigenvalue weighted by Gasteiger charge is 2.24. The summed E-state index contributed by atoms with van der Waals surface area (Å²) in [6.07, 6.45) is -0.378. The molecule has 25 heavy (non-hydrogen) atoms. The molecule has 0 saturated carbocycles. The number of aliphatic hydroxyl groups is 1. The van der Waals surface area contributed by atoms with Crippen LogP contribution in [0.25, 0.3) is 0 Å². The molecule has 2 aromatic rings. The van der Waals surface area contributed by atoms with Crippen LogP contribution in [0, 0.1) is 5.82 Å². The first-order valence-electron chi connectivity index (χ1n) is 8.52. The Hall–Kier alpha value is -1.27. The number of halogens is 2. The van der Waals surface area contributed by atoms with E-state index in [4.69, 9.17) is 11.6 Å². The summed E-state index contributed by atoms with van der Waals surface area (Å²) < 4.78 is 13.9. The molecule has 1 atom stereocenters. The Morgan fingerprint density at radius 2 is 1.80 bits per heavy atom. The zero-order valence-corrected chi connectivity index (χ0v) is 15.6. The topological polar surface area (TPSA) is 27.9 Å². The monoisotopic (exact) mass is 381 g/mol. The fourth-order valence-electron chi connectivity index (χ4n) is 3.12. The average molecular weight is 382 g/mol. The first kappa shape index (κ1) is 18.5. The van der Waals surface area contributed by atoms with Crippen LogP contribution in [0.1, 0.15) is 0 Å². The van der Waals surface area contributed by atoms with Gasteiger partial charge in [0.2, 0.25) is 0 Å². The van der Waals surface area contributed by atoms with Gasteiger partial charge in [-0.15, -0.1) is 11.8 Å². The SMILES string of the molecule is O[C@@H](CSc1ccccc1Cl)C[NH+]1CCN(c2ccccc2F)CC1. The molecule has 1 aliphatic rings. The predicted molar refractivity (Wildman–Crippen MR) is 102 cm³/mol. The highest BCUT2D eigenvalue weighted by molar-refractivity contribution is 7.99. The highest BCUT2D eigenvalue weighted by Crippen LogP contribution is 2.26. The van der Waals surface area contributed by atoms with Gasteiger partial charge in [0.25, 0.3) is 0 Å². The lowest BCUT2D eigenvalue weighted by Crippen LogP contribution is -3.16. The van der Waals surface area contributed by atoms with E-state index in [1.54, 1.807) is 17.8 Å². The number of anilines is 1. The van der Waals surface area contributed by atoms with E-state index in [1.807, 2.05) is 36.4 Å². The number of benzene rings is 2. The van der Waals surface area contributed by atoms with Crippen LogP contribution in [0.3, 0.4) is 0 Å². The number of hydrogen-bond acceptors (Lipinski definition) is 3. The summed E-state index contributed by atoms with van der Waals surface area (Å²) in [5.41, 5.74) is 0.677. The molecule has 2 N–H and O–H groups in total. The van der Waals surface area contributed by atoms with Crippen molar-refractivity contribution in [2.24, 2.45) is 0 Å². The van der Waals surface area contributed by atoms with Gasteiger partial charge in [-0.2, -0.15) is 0 Å². The standard InChI is InChI=1S/C19H22ClFN2OS/c20-16-5-1-4-8-19(16)25-14-15(24)13-22-9-11-23(12-10-22)18-7-3-2-6-17(18)21/h1-8,15,24H,9-14H2/p+1/t15-/m1/s1. The van der Waals surface area contributed by atoms with Gasteiger partial charge in [0.15, 0.2) is 0 Å². The average Bonchev–Trinajstić information content (AvgIpc) is 2.62. The van der Waals surface area contributed by atoms with Gasteiger partial charge >= 0.3 is 0 Å². The Morgan fingerprint density at radius 3 is 2.52 bits per heavy atom. The summed E-state index contributed by atoms with van der Waals surface area (Å²) in [4.78, 5) is 4.45. The summed E-state index contributed by atoms with van der Waals surface area (Å²) >= 11 is 7.73. The molecule has 0 bridgehead atoms. The second kappa shape index (κ2) is 8.90. The number of hydrogen-bond donors (Lipinski definition) is 2. The molecule has 2 aromatic carbocycles. The van der Waals surface area contributed by atoms with Crippen molar-refractivity contribution < 1.29 is 14.4 Å².